The molecule has 0 spiro atoms. The Balaban J connectivity index is 1.47. The highest BCUT2D eigenvalue weighted by molar-refractivity contribution is 6.39. The largest absolute Gasteiger partial charge is 0.373 e. The number of benzene rings is 3. The Morgan fingerprint density at radius 2 is 1.32 bits per heavy atom. The highest BCUT2D eigenvalue weighted by atomic mass is 16.2. The summed E-state index contributed by atoms with van der Waals surface area (Å²) in [7, 11) is 1.94. The van der Waals surface area contributed by atoms with E-state index in [0.29, 0.717) is 18.8 Å². The first kappa shape index (κ1) is 19.2. The van der Waals surface area contributed by atoms with Crippen LogP contribution < -0.4 is 15.5 Å². The number of para-hydroxylation sites is 1. The maximum absolute atomic E-state index is 12.1. The van der Waals surface area contributed by atoms with Gasteiger partial charge in [0.2, 0.25) is 0 Å². The summed E-state index contributed by atoms with van der Waals surface area (Å²) < 4.78 is 0. The number of carbonyl (C=O) groups excluding carboxylic acids is 2. The number of anilines is 2. The summed E-state index contributed by atoms with van der Waals surface area (Å²) in [5.74, 6) is -1.32. The summed E-state index contributed by atoms with van der Waals surface area (Å²) in [4.78, 5) is 26.1. The average molecular weight is 373 g/mol. The third-order valence-corrected chi connectivity index (χ3v) is 4.39. The van der Waals surface area contributed by atoms with Crippen molar-refractivity contribution in [1.82, 2.24) is 5.32 Å². The summed E-state index contributed by atoms with van der Waals surface area (Å²) in [6, 6.07) is 27.2. The van der Waals surface area contributed by atoms with Crippen molar-refractivity contribution >= 4 is 23.2 Å². The highest BCUT2D eigenvalue weighted by Crippen LogP contribution is 2.20. The number of nitrogens with one attached hydrogen (secondary N) is 2. The van der Waals surface area contributed by atoms with E-state index in [2.05, 4.69) is 10.6 Å². The molecule has 3 aromatic carbocycles. The fourth-order valence-corrected chi connectivity index (χ4v) is 2.79. The molecule has 0 atom stereocenters. The fraction of sp³-hybridized carbons (Fsp3) is 0.130. The number of carbonyl (C=O) groups is 2. The Bertz CT molecular complexity index is 910. The van der Waals surface area contributed by atoms with Crippen LogP contribution >= 0.6 is 0 Å². The van der Waals surface area contributed by atoms with E-state index in [0.717, 1.165) is 16.8 Å². The predicted octanol–water partition coefficient (Wildman–Crippen LogP) is 3.54. The van der Waals surface area contributed by atoms with Crippen LogP contribution in [-0.2, 0) is 9.59 Å². The van der Waals surface area contributed by atoms with Crippen LogP contribution in [0.3, 0.4) is 0 Å². The van der Waals surface area contributed by atoms with Crippen molar-refractivity contribution in [2.24, 2.45) is 0 Å². The van der Waals surface area contributed by atoms with Gasteiger partial charge >= 0.3 is 11.8 Å². The molecular formula is C23H23N3O2. The van der Waals surface area contributed by atoms with Gasteiger partial charge in [0.15, 0.2) is 0 Å². The number of nitrogens with zero attached hydrogens (tertiary/aromatic N) is 1. The maximum atomic E-state index is 12.1. The molecule has 142 valence electrons. The lowest BCUT2D eigenvalue weighted by molar-refractivity contribution is -0.136. The average Bonchev–Trinajstić information content (AvgIpc) is 2.75. The highest BCUT2D eigenvalue weighted by Gasteiger charge is 2.13. The lowest BCUT2D eigenvalue weighted by Crippen LogP contribution is -2.39. The monoisotopic (exact) mass is 373 g/mol. The van der Waals surface area contributed by atoms with E-state index in [9.17, 15) is 9.59 Å². The van der Waals surface area contributed by atoms with Crippen LogP contribution in [0.4, 0.5) is 11.4 Å². The van der Waals surface area contributed by atoms with Gasteiger partial charge in [-0.2, -0.15) is 0 Å². The smallest absolute Gasteiger partial charge is 0.313 e. The first-order valence-corrected chi connectivity index (χ1v) is 9.14. The van der Waals surface area contributed by atoms with Crippen LogP contribution in [0.2, 0.25) is 0 Å². The fourth-order valence-electron chi connectivity index (χ4n) is 2.79. The SMILES string of the molecule is CN(CCNC(=O)C(=O)Nc1ccc(-c2ccccc2)cc1)c1ccccc1. The predicted molar refractivity (Wildman–Crippen MR) is 113 cm³/mol. The molecule has 0 radical (unpaired) electrons. The molecule has 3 rings (SSSR count). The van der Waals surface area contributed by atoms with E-state index < -0.39 is 11.8 Å². The molecule has 5 nitrogen and oxygen atoms in total. The molecule has 0 saturated carbocycles. The van der Waals surface area contributed by atoms with E-state index >= 15 is 0 Å². The zero-order valence-electron chi connectivity index (χ0n) is 15.8. The third-order valence-electron chi connectivity index (χ3n) is 4.39. The van der Waals surface area contributed by atoms with Crippen molar-refractivity contribution in [2.45, 2.75) is 0 Å². The van der Waals surface area contributed by atoms with Gasteiger partial charge in [-0.25, -0.2) is 0 Å². The van der Waals surface area contributed by atoms with Gasteiger partial charge in [-0.1, -0.05) is 60.7 Å². The molecular weight excluding hydrogens is 350 g/mol. The molecule has 0 aromatic heterocycles. The van der Waals surface area contributed by atoms with Gasteiger partial charge < -0.3 is 15.5 Å². The molecule has 0 unspecified atom stereocenters. The summed E-state index contributed by atoms with van der Waals surface area (Å²) in [6.07, 6.45) is 0. The minimum absolute atomic E-state index is 0.380. The minimum Gasteiger partial charge on any atom is -0.373 e. The Hall–Kier alpha value is -3.60. The van der Waals surface area contributed by atoms with Crippen molar-refractivity contribution in [3.8, 4) is 11.1 Å². The second-order valence-electron chi connectivity index (χ2n) is 6.41. The zero-order valence-corrected chi connectivity index (χ0v) is 15.8. The Morgan fingerprint density at radius 1 is 0.750 bits per heavy atom. The second-order valence-corrected chi connectivity index (χ2v) is 6.41. The number of amides is 2. The first-order valence-electron chi connectivity index (χ1n) is 9.14. The van der Waals surface area contributed by atoms with E-state index in [4.69, 9.17) is 0 Å². The topological polar surface area (TPSA) is 61.4 Å². The van der Waals surface area contributed by atoms with E-state index in [-0.39, 0.29) is 0 Å². The molecule has 0 aliphatic heterocycles. The van der Waals surface area contributed by atoms with Crippen LogP contribution in [0.15, 0.2) is 84.9 Å². The molecule has 0 saturated heterocycles. The summed E-state index contributed by atoms with van der Waals surface area (Å²) in [5, 5.41) is 5.27. The van der Waals surface area contributed by atoms with Gasteiger partial charge in [-0.15, -0.1) is 0 Å². The van der Waals surface area contributed by atoms with Crippen LogP contribution in [-0.4, -0.2) is 32.0 Å². The summed E-state index contributed by atoms with van der Waals surface area (Å²) in [6.45, 7) is 0.986. The quantitative estimate of drug-likeness (QED) is 0.650. The van der Waals surface area contributed by atoms with E-state index in [1.165, 1.54) is 0 Å². The molecule has 28 heavy (non-hydrogen) atoms. The van der Waals surface area contributed by atoms with Gasteiger partial charge in [-0.3, -0.25) is 9.59 Å². The number of likely N-dealkylation sites (N-methyl/N-ethyl adjacent to an activating group) is 1. The molecule has 5 heteroatoms. The van der Waals surface area contributed by atoms with Crippen molar-refractivity contribution in [2.75, 3.05) is 30.4 Å². The van der Waals surface area contributed by atoms with Crippen molar-refractivity contribution in [1.29, 1.82) is 0 Å². The van der Waals surface area contributed by atoms with Gasteiger partial charge in [0.1, 0.15) is 0 Å². The summed E-state index contributed by atoms with van der Waals surface area (Å²) >= 11 is 0. The van der Waals surface area contributed by atoms with Gasteiger partial charge in [0.05, 0.1) is 0 Å². The number of rotatable bonds is 6. The van der Waals surface area contributed by atoms with Crippen LogP contribution in [0.25, 0.3) is 11.1 Å². The Labute approximate surface area is 165 Å². The normalized spacial score (nSPS) is 10.2. The minimum atomic E-state index is -0.671. The second kappa shape index (κ2) is 9.37. The number of hydrogen-bond acceptors (Lipinski definition) is 3. The van der Waals surface area contributed by atoms with E-state index in [1.54, 1.807) is 12.1 Å². The lowest BCUT2D eigenvalue weighted by Gasteiger charge is -2.19. The standard InChI is InChI=1S/C23H23N3O2/c1-26(21-10-6-3-7-11-21)17-16-24-22(27)23(28)25-20-14-12-19(13-15-20)18-8-4-2-5-9-18/h2-15H,16-17H2,1H3,(H,24,27)(H,25,28). The van der Waals surface area contributed by atoms with Crippen LogP contribution in [0, 0.1) is 0 Å². The molecule has 0 bridgehead atoms. The molecule has 0 aliphatic rings. The van der Waals surface area contributed by atoms with E-state index in [1.807, 2.05) is 84.7 Å². The Morgan fingerprint density at radius 3 is 1.96 bits per heavy atom. The van der Waals surface area contributed by atoms with Gasteiger partial charge in [0.25, 0.3) is 0 Å². The summed E-state index contributed by atoms with van der Waals surface area (Å²) in [5.41, 5.74) is 3.79. The molecule has 2 amide bonds. The van der Waals surface area contributed by atoms with Crippen molar-refractivity contribution in [3.63, 3.8) is 0 Å². The number of hydrogen-bond donors (Lipinski definition) is 2. The van der Waals surface area contributed by atoms with Gasteiger partial charge in [0, 0.05) is 31.5 Å². The Kier molecular flexibility index (Phi) is 6.41. The van der Waals surface area contributed by atoms with Crippen LogP contribution in [0.5, 0.6) is 0 Å². The van der Waals surface area contributed by atoms with Crippen molar-refractivity contribution in [3.05, 3.63) is 84.9 Å². The third kappa shape index (κ3) is 5.20. The first-order chi connectivity index (χ1) is 13.6. The zero-order chi connectivity index (χ0) is 19.8. The van der Waals surface area contributed by atoms with Crippen molar-refractivity contribution < 1.29 is 9.59 Å². The molecule has 0 aliphatic carbocycles. The lowest BCUT2D eigenvalue weighted by atomic mass is 10.1. The maximum Gasteiger partial charge on any atom is 0.313 e. The molecule has 2 N–H and O–H groups in total. The molecule has 0 heterocycles. The van der Waals surface area contributed by atoms with Crippen LogP contribution in [0.1, 0.15) is 0 Å². The van der Waals surface area contributed by atoms with Gasteiger partial charge in [-0.05, 0) is 35.4 Å². The molecule has 0 fully saturated rings. The molecule has 3 aromatic rings.